The molecule has 20 heavy (non-hydrogen) atoms. The van der Waals surface area contributed by atoms with Crippen LogP contribution in [0.15, 0.2) is 53.5 Å². The van der Waals surface area contributed by atoms with Gasteiger partial charge in [-0.25, -0.2) is 0 Å². The van der Waals surface area contributed by atoms with Gasteiger partial charge in [-0.3, -0.25) is 9.59 Å². The van der Waals surface area contributed by atoms with Gasteiger partial charge < -0.3 is 14.9 Å². The standard InChI is InChI=1S/C15H13N3O2/c1-18-9-11(6-7-14(18)19)16-15(20)13-8-10-4-2-3-5-12(10)17-13/h2-9,17H,1H3,(H,16,20). The van der Waals surface area contributed by atoms with Crippen LogP contribution in [0, 0.1) is 0 Å². The number of hydrogen-bond donors (Lipinski definition) is 2. The number of hydrogen-bond acceptors (Lipinski definition) is 2. The Labute approximate surface area is 114 Å². The number of para-hydroxylation sites is 1. The van der Waals surface area contributed by atoms with Crippen molar-refractivity contribution in [3.8, 4) is 0 Å². The summed E-state index contributed by atoms with van der Waals surface area (Å²) in [5.41, 5.74) is 1.86. The molecule has 0 aliphatic heterocycles. The number of nitrogens with one attached hydrogen (secondary N) is 2. The SMILES string of the molecule is Cn1cc(NC(=O)c2cc3ccccc3[nH]2)ccc1=O. The second kappa shape index (κ2) is 4.70. The van der Waals surface area contributed by atoms with Crippen molar-refractivity contribution in [3.05, 3.63) is 64.7 Å². The number of rotatable bonds is 2. The van der Waals surface area contributed by atoms with Crippen LogP contribution in [-0.4, -0.2) is 15.5 Å². The van der Waals surface area contributed by atoms with Gasteiger partial charge in [-0.2, -0.15) is 0 Å². The first kappa shape index (κ1) is 12.2. The lowest BCUT2D eigenvalue weighted by molar-refractivity contribution is 0.102. The molecule has 1 aromatic carbocycles. The smallest absolute Gasteiger partial charge is 0.272 e. The van der Waals surface area contributed by atoms with Gasteiger partial charge in [0.1, 0.15) is 5.69 Å². The van der Waals surface area contributed by atoms with E-state index in [1.165, 1.54) is 10.6 Å². The number of carbonyl (C=O) groups is 1. The third-order valence-electron chi connectivity index (χ3n) is 3.12. The summed E-state index contributed by atoms with van der Waals surface area (Å²) in [6.07, 6.45) is 1.59. The zero-order chi connectivity index (χ0) is 14.1. The number of fused-ring (bicyclic) bond motifs is 1. The lowest BCUT2D eigenvalue weighted by atomic mass is 10.2. The van der Waals surface area contributed by atoms with E-state index in [0.717, 1.165) is 10.9 Å². The second-order valence-electron chi connectivity index (χ2n) is 4.59. The van der Waals surface area contributed by atoms with Crippen LogP contribution in [-0.2, 0) is 7.05 Å². The molecule has 0 atom stereocenters. The predicted octanol–water partition coefficient (Wildman–Crippen LogP) is 2.12. The van der Waals surface area contributed by atoms with Gasteiger partial charge in [-0.05, 0) is 18.2 Å². The number of aromatic amines is 1. The zero-order valence-electron chi connectivity index (χ0n) is 10.9. The lowest BCUT2D eigenvalue weighted by Gasteiger charge is -2.05. The van der Waals surface area contributed by atoms with Crippen molar-refractivity contribution in [2.24, 2.45) is 7.05 Å². The van der Waals surface area contributed by atoms with Crippen molar-refractivity contribution in [1.29, 1.82) is 0 Å². The highest BCUT2D eigenvalue weighted by molar-refractivity contribution is 6.05. The van der Waals surface area contributed by atoms with Crippen LogP contribution >= 0.6 is 0 Å². The molecule has 0 bridgehead atoms. The van der Waals surface area contributed by atoms with Gasteiger partial charge in [-0.15, -0.1) is 0 Å². The number of aryl methyl sites for hydroxylation is 1. The Bertz CT molecular complexity index is 812. The fraction of sp³-hybridized carbons (Fsp3) is 0.0667. The molecule has 3 aromatic rings. The van der Waals surface area contributed by atoms with E-state index in [1.54, 1.807) is 25.4 Å². The number of carbonyl (C=O) groups excluding carboxylic acids is 1. The van der Waals surface area contributed by atoms with Crippen LogP contribution in [0.5, 0.6) is 0 Å². The number of nitrogens with zero attached hydrogens (tertiary/aromatic N) is 1. The Kier molecular flexibility index (Phi) is 2.87. The van der Waals surface area contributed by atoms with Crippen molar-refractivity contribution in [1.82, 2.24) is 9.55 Å². The monoisotopic (exact) mass is 267 g/mol. The van der Waals surface area contributed by atoms with E-state index in [2.05, 4.69) is 10.3 Å². The third kappa shape index (κ3) is 2.21. The van der Waals surface area contributed by atoms with Crippen LogP contribution in [0.3, 0.4) is 0 Å². The van der Waals surface area contributed by atoms with Gasteiger partial charge in [0.15, 0.2) is 0 Å². The molecular formula is C15H13N3O2. The molecule has 2 heterocycles. The van der Waals surface area contributed by atoms with Gasteiger partial charge in [-0.1, -0.05) is 18.2 Å². The van der Waals surface area contributed by atoms with E-state index in [0.29, 0.717) is 11.4 Å². The molecule has 1 amide bonds. The highest BCUT2D eigenvalue weighted by Crippen LogP contribution is 2.15. The third-order valence-corrected chi connectivity index (χ3v) is 3.12. The van der Waals surface area contributed by atoms with E-state index in [4.69, 9.17) is 0 Å². The first-order valence-corrected chi connectivity index (χ1v) is 6.19. The number of amides is 1. The maximum Gasteiger partial charge on any atom is 0.272 e. The van der Waals surface area contributed by atoms with Gasteiger partial charge in [0.05, 0.1) is 5.69 Å². The van der Waals surface area contributed by atoms with Crippen LogP contribution in [0.2, 0.25) is 0 Å². The summed E-state index contributed by atoms with van der Waals surface area (Å²) in [5.74, 6) is -0.236. The fourth-order valence-corrected chi connectivity index (χ4v) is 2.06. The average molecular weight is 267 g/mol. The first-order chi connectivity index (χ1) is 9.63. The molecule has 2 N–H and O–H groups in total. The molecule has 0 saturated carbocycles. The van der Waals surface area contributed by atoms with E-state index >= 15 is 0 Å². The summed E-state index contributed by atoms with van der Waals surface area (Å²) in [5, 5.41) is 3.74. The Morgan fingerprint density at radius 1 is 1.20 bits per heavy atom. The lowest BCUT2D eigenvalue weighted by Crippen LogP contribution is -2.18. The quantitative estimate of drug-likeness (QED) is 0.746. The van der Waals surface area contributed by atoms with Gasteiger partial charge >= 0.3 is 0 Å². The average Bonchev–Trinajstić information content (AvgIpc) is 2.87. The highest BCUT2D eigenvalue weighted by Gasteiger charge is 2.09. The molecule has 5 nitrogen and oxygen atoms in total. The summed E-state index contributed by atoms with van der Waals surface area (Å²) >= 11 is 0. The molecular weight excluding hydrogens is 254 g/mol. The Morgan fingerprint density at radius 3 is 2.75 bits per heavy atom. The van der Waals surface area contributed by atoms with Crippen molar-refractivity contribution in [3.63, 3.8) is 0 Å². The van der Waals surface area contributed by atoms with Crippen molar-refractivity contribution < 1.29 is 4.79 Å². The number of benzene rings is 1. The van der Waals surface area contributed by atoms with Gasteiger partial charge in [0, 0.05) is 30.2 Å². The highest BCUT2D eigenvalue weighted by atomic mass is 16.2. The van der Waals surface area contributed by atoms with Gasteiger partial charge in [0.25, 0.3) is 5.91 Å². The zero-order valence-corrected chi connectivity index (χ0v) is 10.9. The maximum absolute atomic E-state index is 12.2. The van der Waals surface area contributed by atoms with Crippen molar-refractivity contribution in [2.45, 2.75) is 0 Å². The molecule has 2 aromatic heterocycles. The van der Waals surface area contributed by atoms with E-state index < -0.39 is 0 Å². The van der Waals surface area contributed by atoms with Crippen LogP contribution in [0.4, 0.5) is 5.69 Å². The summed E-state index contributed by atoms with van der Waals surface area (Å²) in [4.78, 5) is 26.5. The van der Waals surface area contributed by atoms with E-state index in [9.17, 15) is 9.59 Å². The minimum atomic E-state index is -0.236. The largest absolute Gasteiger partial charge is 0.351 e. The Hall–Kier alpha value is -2.82. The molecule has 0 saturated heterocycles. The number of H-pyrrole nitrogens is 1. The summed E-state index contributed by atoms with van der Waals surface area (Å²) in [7, 11) is 1.64. The fourth-order valence-electron chi connectivity index (χ4n) is 2.06. The van der Waals surface area contributed by atoms with Crippen LogP contribution < -0.4 is 10.9 Å². The van der Waals surface area contributed by atoms with Crippen molar-refractivity contribution >= 4 is 22.5 Å². The Balaban J connectivity index is 1.88. The minimum absolute atomic E-state index is 0.117. The molecule has 0 aliphatic rings. The second-order valence-corrected chi connectivity index (χ2v) is 4.59. The number of anilines is 1. The molecule has 0 unspecified atom stereocenters. The predicted molar refractivity (Wildman–Crippen MR) is 77.9 cm³/mol. The van der Waals surface area contributed by atoms with Crippen molar-refractivity contribution in [2.75, 3.05) is 5.32 Å². The Morgan fingerprint density at radius 2 is 2.00 bits per heavy atom. The normalized spacial score (nSPS) is 10.7. The van der Waals surface area contributed by atoms with E-state index in [1.807, 2.05) is 24.3 Å². The number of pyridine rings is 1. The number of aromatic nitrogens is 2. The topological polar surface area (TPSA) is 66.9 Å². The van der Waals surface area contributed by atoms with Crippen LogP contribution in [0.1, 0.15) is 10.5 Å². The van der Waals surface area contributed by atoms with Crippen LogP contribution in [0.25, 0.3) is 10.9 Å². The summed E-state index contributed by atoms with van der Waals surface area (Å²) in [6, 6.07) is 12.5. The maximum atomic E-state index is 12.2. The summed E-state index contributed by atoms with van der Waals surface area (Å²) in [6.45, 7) is 0. The minimum Gasteiger partial charge on any atom is -0.351 e. The summed E-state index contributed by atoms with van der Waals surface area (Å²) < 4.78 is 1.42. The molecule has 3 rings (SSSR count). The van der Waals surface area contributed by atoms with E-state index in [-0.39, 0.29) is 11.5 Å². The molecule has 0 radical (unpaired) electrons. The molecule has 5 heteroatoms. The molecule has 100 valence electrons. The molecule has 0 fully saturated rings. The first-order valence-electron chi connectivity index (χ1n) is 6.19. The van der Waals surface area contributed by atoms with Gasteiger partial charge in [0.2, 0.25) is 5.56 Å². The molecule has 0 spiro atoms. The molecule has 0 aliphatic carbocycles.